The minimum atomic E-state index is -0.0909. The van der Waals surface area contributed by atoms with Crippen LogP contribution >= 0.6 is 0 Å². The molecule has 0 aliphatic rings. The first-order valence-corrected chi connectivity index (χ1v) is 6.61. The van der Waals surface area contributed by atoms with E-state index in [0.717, 1.165) is 26.1 Å². The first-order valence-electron chi connectivity index (χ1n) is 6.61. The van der Waals surface area contributed by atoms with Crippen LogP contribution in [0.15, 0.2) is 0 Å². The molecule has 0 unspecified atom stereocenters. The Hall–Kier alpha value is -0.0800. The molecule has 0 radical (unpaired) electrons. The Kier molecular flexibility index (Phi) is 7.25. The minimum Gasteiger partial charge on any atom is -0.382 e. The van der Waals surface area contributed by atoms with Crippen LogP contribution in [0.3, 0.4) is 0 Å². The lowest BCUT2D eigenvalue weighted by atomic mass is 9.98. The fourth-order valence-corrected chi connectivity index (χ4v) is 1.91. The van der Waals surface area contributed by atoms with E-state index in [1.54, 1.807) is 0 Å². The Morgan fingerprint density at radius 3 is 1.94 bits per heavy atom. The predicted octanol–water partition coefficient (Wildman–Crippen LogP) is 4.18. The summed E-state index contributed by atoms with van der Waals surface area (Å²) in [6, 6.07) is 0. The van der Waals surface area contributed by atoms with Gasteiger partial charge in [0, 0.05) is 13.2 Å². The molecular weight excluding hydrogens is 200 g/mol. The van der Waals surface area contributed by atoms with E-state index in [9.17, 15) is 0 Å². The van der Waals surface area contributed by atoms with Crippen LogP contribution in [-0.4, -0.2) is 24.4 Å². The average Bonchev–Trinajstić information content (AvgIpc) is 2.13. The third-order valence-electron chi connectivity index (χ3n) is 2.74. The number of hydrogen-bond donors (Lipinski definition) is 0. The highest BCUT2D eigenvalue weighted by Gasteiger charge is 2.28. The SMILES string of the molecule is CCCCC(C)(C)OC(C)(C)CCOCC. The van der Waals surface area contributed by atoms with Gasteiger partial charge in [-0.25, -0.2) is 0 Å². The fraction of sp³-hybridized carbons (Fsp3) is 1.00. The lowest BCUT2D eigenvalue weighted by molar-refractivity contribution is -0.135. The third-order valence-corrected chi connectivity index (χ3v) is 2.74. The van der Waals surface area contributed by atoms with Gasteiger partial charge in [0.15, 0.2) is 0 Å². The summed E-state index contributed by atoms with van der Waals surface area (Å²) in [6.07, 6.45) is 4.54. The van der Waals surface area contributed by atoms with Gasteiger partial charge in [-0.15, -0.1) is 0 Å². The van der Waals surface area contributed by atoms with Crippen molar-refractivity contribution in [3.8, 4) is 0 Å². The number of ether oxygens (including phenoxy) is 2. The zero-order valence-corrected chi connectivity index (χ0v) is 12.1. The van der Waals surface area contributed by atoms with E-state index < -0.39 is 0 Å². The van der Waals surface area contributed by atoms with Crippen LogP contribution in [0.1, 0.15) is 67.2 Å². The van der Waals surface area contributed by atoms with Crippen molar-refractivity contribution >= 4 is 0 Å². The van der Waals surface area contributed by atoms with Gasteiger partial charge < -0.3 is 9.47 Å². The summed E-state index contributed by atoms with van der Waals surface area (Å²) < 4.78 is 11.6. The molecule has 0 bridgehead atoms. The number of unbranched alkanes of at least 4 members (excludes halogenated alkanes) is 1. The van der Waals surface area contributed by atoms with Crippen molar-refractivity contribution in [2.45, 2.75) is 78.4 Å². The van der Waals surface area contributed by atoms with E-state index in [1.165, 1.54) is 12.8 Å². The monoisotopic (exact) mass is 230 g/mol. The van der Waals surface area contributed by atoms with Crippen LogP contribution in [-0.2, 0) is 9.47 Å². The van der Waals surface area contributed by atoms with Crippen molar-refractivity contribution in [3.05, 3.63) is 0 Å². The van der Waals surface area contributed by atoms with Crippen molar-refractivity contribution in [1.29, 1.82) is 0 Å². The van der Waals surface area contributed by atoms with Crippen molar-refractivity contribution in [2.24, 2.45) is 0 Å². The van der Waals surface area contributed by atoms with Crippen molar-refractivity contribution in [2.75, 3.05) is 13.2 Å². The van der Waals surface area contributed by atoms with Gasteiger partial charge in [0.1, 0.15) is 0 Å². The molecular formula is C14H30O2. The molecule has 0 spiro atoms. The summed E-state index contributed by atoms with van der Waals surface area (Å²) >= 11 is 0. The van der Waals surface area contributed by atoms with Gasteiger partial charge >= 0.3 is 0 Å². The van der Waals surface area contributed by atoms with Gasteiger partial charge in [0.25, 0.3) is 0 Å². The molecule has 0 aromatic heterocycles. The van der Waals surface area contributed by atoms with E-state index in [-0.39, 0.29) is 11.2 Å². The van der Waals surface area contributed by atoms with Crippen LogP contribution in [0.4, 0.5) is 0 Å². The average molecular weight is 230 g/mol. The Balaban J connectivity index is 4.01. The largest absolute Gasteiger partial charge is 0.382 e. The van der Waals surface area contributed by atoms with Crippen molar-refractivity contribution < 1.29 is 9.47 Å². The fourth-order valence-electron chi connectivity index (χ4n) is 1.91. The highest BCUT2D eigenvalue weighted by atomic mass is 16.5. The Morgan fingerprint density at radius 1 is 0.875 bits per heavy atom. The Bertz CT molecular complexity index is 174. The maximum atomic E-state index is 6.19. The molecule has 0 aliphatic heterocycles. The van der Waals surface area contributed by atoms with Gasteiger partial charge in [-0.05, 0) is 47.5 Å². The highest BCUT2D eigenvalue weighted by Crippen LogP contribution is 2.27. The highest BCUT2D eigenvalue weighted by molar-refractivity contribution is 4.77. The molecule has 0 heterocycles. The first kappa shape index (κ1) is 15.9. The normalized spacial score (nSPS) is 13.1. The third kappa shape index (κ3) is 8.12. The topological polar surface area (TPSA) is 18.5 Å². The van der Waals surface area contributed by atoms with E-state index in [2.05, 4.69) is 34.6 Å². The summed E-state index contributed by atoms with van der Waals surface area (Å²) in [7, 11) is 0. The molecule has 0 rings (SSSR count). The van der Waals surface area contributed by atoms with Crippen LogP contribution in [0.5, 0.6) is 0 Å². The maximum absolute atomic E-state index is 6.19. The predicted molar refractivity (Wildman–Crippen MR) is 69.9 cm³/mol. The van der Waals surface area contributed by atoms with Crippen LogP contribution in [0, 0.1) is 0 Å². The number of hydrogen-bond acceptors (Lipinski definition) is 2. The zero-order valence-electron chi connectivity index (χ0n) is 12.1. The second-order valence-electron chi connectivity index (χ2n) is 5.67. The van der Waals surface area contributed by atoms with Gasteiger partial charge in [-0.3, -0.25) is 0 Å². The zero-order chi connectivity index (χ0) is 12.7. The molecule has 0 amide bonds. The molecule has 98 valence electrons. The maximum Gasteiger partial charge on any atom is 0.0655 e. The summed E-state index contributed by atoms with van der Waals surface area (Å²) in [4.78, 5) is 0. The second-order valence-corrected chi connectivity index (χ2v) is 5.67. The molecule has 0 N–H and O–H groups in total. The quantitative estimate of drug-likeness (QED) is 0.553. The van der Waals surface area contributed by atoms with Gasteiger partial charge in [0.05, 0.1) is 11.2 Å². The molecule has 0 fully saturated rings. The Morgan fingerprint density at radius 2 is 1.44 bits per heavy atom. The molecule has 0 atom stereocenters. The van der Waals surface area contributed by atoms with Crippen LogP contribution in [0.2, 0.25) is 0 Å². The second kappa shape index (κ2) is 7.29. The molecule has 0 aromatic rings. The van der Waals surface area contributed by atoms with E-state index in [0.29, 0.717) is 0 Å². The minimum absolute atomic E-state index is 0.0221. The molecule has 0 saturated heterocycles. The van der Waals surface area contributed by atoms with Crippen LogP contribution in [0.25, 0.3) is 0 Å². The molecule has 0 saturated carbocycles. The summed E-state index contributed by atoms with van der Waals surface area (Å²) in [5.74, 6) is 0. The summed E-state index contributed by atoms with van der Waals surface area (Å²) in [6.45, 7) is 14.5. The molecule has 16 heavy (non-hydrogen) atoms. The van der Waals surface area contributed by atoms with Crippen molar-refractivity contribution in [1.82, 2.24) is 0 Å². The summed E-state index contributed by atoms with van der Waals surface area (Å²) in [5, 5.41) is 0. The van der Waals surface area contributed by atoms with Gasteiger partial charge in [-0.1, -0.05) is 19.8 Å². The number of rotatable bonds is 9. The van der Waals surface area contributed by atoms with Crippen molar-refractivity contribution in [3.63, 3.8) is 0 Å². The van der Waals surface area contributed by atoms with Crippen LogP contribution < -0.4 is 0 Å². The Labute approximate surface area is 102 Å². The molecule has 0 aromatic carbocycles. The van der Waals surface area contributed by atoms with E-state index in [1.807, 2.05) is 6.92 Å². The van der Waals surface area contributed by atoms with Gasteiger partial charge in [-0.2, -0.15) is 0 Å². The lowest BCUT2D eigenvalue weighted by Gasteiger charge is -2.36. The lowest BCUT2D eigenvalue weighted by Crippen LogP contribution is -2.37. The van der Waals surface area contributed by atoms with E-state index in [4.69, 9.17) is 9.47 Å². The first-order chi connectivity index (χ1) is 7.33. The molecule has 2 heteroatoms. The standard InChI is InChI=1S/C14H30O2/c1-7-9-10-13(3,4)16-14(5,6)11-12-15-8-2/h7-12H2,1-6H3. The summed E-state index contributed by atoms with van der Waals surface area (Å²) in [5.41, 5.74) is -0.113. The molecule has 0 aliphatic carbocycles. The van der Waals surface area contributed by atoms with E-state index >= 15 is 0 Å². The van der Waals surface area contributed by atoms with Gasteiger partial charge in [0.2, 0.25) is 0 Å². The molecule has 2 nitrogen and oxygen atoms in total. The smallest absolute Gasteiger partial charge is 0.0655 e.